The van der Waals surface area contributed by atoms with Crippen LogP contribution in [0.15, 0.2) is 15.8 Å². The Morgan fingerprint density at radius 1 is 1.52 bits per heavy atom. The number of halogens is 1. The lowest BCUT2D eigenvalue weighted by Gasteiger charge is -2.29. The topological polar surface area (TPSA) is 105 Å². The molecule has 0 spiro atoms. The lowest BCUT2D eigenvalue weighted by Crippen LogP contribution is -2.47. The number of nitrogens with one attached hydrogen (secondary N) is 1. The Balaban J connectivity index is 2.02. The van der Waals surface area contributed by atoms with Gasteiger partial charge in [0.05, 0.1) is 6.61 Å². The Morgan fingerprint density at radius 3 is 2.76 bits per heavy atom. The Labute approximate surface area is 119 Å². The van der Waals surface area contributed by atoms with Crippen molar-refractivity contribution in [3.05, 3.63) is 32.6 Å². The number of ether oxygens (including phenoxy) is 1. The number of nitrogens with zero attached hydrogens (tertiary/aromatic N) is 1. The molecule has 3 rings (SSSR count). The predicted molar refractivity (Wildman–Crippen MR) is 69.6 cm³/mol. The molecule has 0 amide bonds. The predicted octanol–water partition coefficient (Wildman–Crippen LogP) is -0.786. The average Bonchev–Trinajstić information content (AvgIpc) is 3.25. The summed E-state index contributed by atoms with van der Waals surface area (Å²) in [5, 5.41) is 19.7. The van der Waals surface area contributed by atoms with Gasteiger partial charge in [-0.3, -0.25) is 14.3 Å². The number of aryl methyl sites for hydroxylation is 1. The molecule has 2 heterocycles. The molecular formula is C13H17FN2O5. The first-order valence-corrected chi connectivity index (χ1v) is 6.83. The minimum atomic E-state index is -1.86. The zero-order valence-electron chi connectivity index (χ0n) is 11.5. The van der Waals surface area contributed by atoms with E-state index < -0.39 is 42.0 Å². The fraction of sp³-hybridized carbons (Fsp3) is 0.692. The summed E-state index contributed by atoms with van der Waals surface area (Å²) in [6.07, 6.45) is -2.07. The number of alkyl halides is 1. The fourth-order valence-corrected chi connectivity index (χ4v) is 2.94. The summed E-state index contributed by atoms with van der Waals surface area (Å²) in [5.41, 5.74) is -2.52. The Kier molecular flexibility index (Phi) is 3.27. The van der Waals surface area contributed by atoms with Gasteiger partial charge in [-0.05, 0) is 25.7 Å². The summed E-state index contributed by atoms with van der Waals surface area (Å²) in [5.74, 6) is -0.125. The van der Waals surface area contributed by atoms with E-state index in [1.807, 2.05) is 0 Å². The lowest BCUT2D eigenvalue weighted by molar-refractivity contribution is -0.141. The van der Waals surface area contributed by atoms with Crippen LogP contribution in [0.3, 0.4) is 0 Å². The Morgan fingerprint density at radius 2 is 2.19 bits per heavy atom. The van der Waals surface area contributed by atoms with E-state index in [2.05, 4.69) is 4.98 Å². The molecule has 1 saturated heterocycles. The summed E-state index contributed by atoms with van der Waals surface area (Å²) in [7, 11) is 0. The van der Waals surface area contributed by atoms with E-state index in [0.717, 1.165) is 17.4 Å². The number of hydrogen-bond donors (Lipinski definition) is 3. The van der Waals surface area contributed by atoms with Crippen molar-refractivity contribution in [2.24, 2.45) is 5.92 Å². The van der Waals surface area contributed by atoms with Crippen LogP contribution in [0.1, 0.15) is 24.6 Å². The molecule has 1 aliphatic heterocycles. The number of aliphatic hydroxyl groups is 2. The van der Waals surface area contributed by atoms with Crippen LogP contribution in [0, 0.1) is 12.8 Å². The highest BCUT2D eigenvalue weighted by molar-refractivity contribution is 5.10. The standard InChI is InChI=1S/C13H17FN2O5/c1-6-4-16(12(20)15-10(6)19)11-8(14)9(18)13(5-17,21-11)7-2-3-7/h4,7-9,11,17-18H,2-3,5H2,1H3,(H,15,19,20)/t8-,9-,11+,13-/m0/s1. The van der Waals surface area contributed by atoms with Crippen molar-refractivity contribution >= 4 is 0 Å². The van der Waals surface area contributed by atoms with Crippen molar-refractivity contribution in [1.82, 2.24) is 9.55 Å². The maximum atomic E-state index is 14.4. The molecule has 2 fully saturated rings. The molecule has 3 N–H and O–H groups in total. The van der Waals surface area contributed by atoms with Crippen LogP contribution in [0.5, 0.6) is 0 Å². The van der Waals surface area contributed by atoms with E-state index >= 15 is 0 Å². The molecule has 1 saturated carbocycles. The van der Waals surface area contributed by atoms with Crippen LogP contribution in [0.25, 0.3) is 0 Å². The van der Waals surface area contributed by atoms with Gasteiger partial charge >= 0.3 is 5.69 Å². The van der Waals surface area contributed by atoms with Gasteiger partial charge in [-0.2, -0.15) is 0 Å². The maximum absolute atomic E-state index is 14.4. The van der Waals surface area contributed by atoms with Crippen molar-refractivity contribution in [1.29, 1.82) is 0 Å². The van der Waals surface area contributed by atoms with Gasteiger partial charge in [0.2, 0.25) is 0 Å². The van der Waals surface area contributed by atoms with Crippen molar-refractivity contribution in [2.75, 3.05) is 6.61 Å². The average molecular weight is 300 g/mol. The molecule has 1 aromatic rings. The zero-order valence-corrected chi connectivity index (χ0v) is 11.5. The molecule has 116 valence electrons. The van der Waals surface area contributed by atoms with Gasteiger partial charge in [-0.25, -0.2) is 9.18 Å². The monoisotopic (exact) mass is 300 g/mol. The molecule has 0 unspecified atom stereocenters. The van der Waals surface area contributed by atoms with E-state index in [4.69, 9.17) is 4.74 Å². The van der Waals surface area contributed by atoms with E-state index in [0.29, 0.717) is 0 Å². The van der Waals surface area contributed by atoms with Crippen LogP contribution < -0.4 is 11.2 Å². The van der Waals surface area contributed by atoms with Crippen molar-refractivity contribution in [2.45, 2.75) is 43.9 Å². The third kappa shape index (κ3) is 2.05. The number of aromatic nitrogens is 2. The molecule has 7 nitrogen and oxygen atoms in total. The third-order valence-electron chi connectivity index (χ3n) is 4.35. The van der Waals surface area contributed by atoms with E-state index in [-0.39, 0.29) is 11.5 Å². The van der Waals surface area contributed by atoms with Gasteiger partial charge in [0, 0.05) is 11.8 Å². The van der Waals surface area contributed by atoms with Crippen LogP contribution in [-0.4, -0.2) is 44.2 Å². The summed E-state index contributed by atoms with van der Waals surface area (Å²) in [6.45, 7) is 0.959. The van der Waals surface area contributed by atoms with Gasteiger partial charge in [-0.15, -0.1) is 0 Å². The molecule has 8 heteroatoms. The quantitative estimate of drug-likeness (QED) is 0.679. The Bertz CT molecular complexity index is 667. The minimum absolute atomic E-state index is 0.125. The molecule has 4 atom stereocenters. The van der Waals surface area contributed by atoms with Gasteiger partial charge in [0.1, 0.15) is 11.7 Å². The number of hydrogen-bond acceptors (Lipinski definition) is 5. The second kappa shape index (κ2) is 4.75. The summed E-state index contributed by atoms with van der Waals surface area (Å²) < 4.78 is 20.9. The van der Waals surface area contributed by atoms with Crippen LogP contribution in [0.4, 0.5) is 4.39 Å². The molecule has 2 aliphatic rings. The second-order valence-corrected chi connectivity index (χ2v) is 5.76. The summed E-state index contributed by atoms with van der Waals surface area (Å²) >= 11 is 0. The van der Waals surface area contributed by atoms with Crippen molar-refractivity contribution < 1.29 is 19.3 Å². The first-order chi connectivity index (χ1) is 9.90. The molecule has 1 aliphatic carbocycles. The van der Waals surface area contributed by atoms with Gasteiger partial charge < -0.3 is 14.9 Å². The maximum Gasteiger partial charge on any atom is 0.330 e. The van der Waals surface area contributed by atoms with E-state index in [1.165, 1.54) is 13.1 Å². The third-order valence-corrected chi connectivity index (χ3v) is 4.35. The minimum Gasteiger partial charge on any atom is -0.393 e. The largest absolute Gasteiger partial charge is 0.393 e. The van der Waals surface area contributed by atoms with Crippen LogP contribution in [-0.2, 0) is 4.74 Å². The number of H-pyrrole nitrogens is 1. The van der Waals surface area contributed by atoms with Crippen molar-refractivity contribution in [3.63, 3.8) is 0 Å². The van der Waals surface area contributed by atoms with Crippen molar-refractivity contribution in [3.8, 4) is 0 Å². The lowest BCUT2D eigenvalue weighted by atomic mass is 9.91. The molecule has 21 heavy (non-hydrogen) atoms. The first-order valence-electron chi connectivity index (χ1n) is 6.83. The van der Waals surface area contributed by atoms with E-state index in [9.17, 15) is 24.2 Å². The summed E-state index contributed by atoms with van der Waals surface area (Å²) in [6, 6.07) is 0. The fourth-order valence-electron chi connectivity index (χ4n) is 2.94. The molecule has 0 bridgehead atoms. The number of aromatic amines is 1. The molecule has 0 aromatic carbocycles. The first kappa shape index (κ1) is 14.4. The highest BCUT2D eigenvalue weighted by Crippen LogP contribution is 2.51. The van der Waals surface area contributed by atoms with Gasteiger partial charge in [0.25, 0.3) is 5.56 Å². The highest BCUT2D eigenvalue weighted by Gasteiger charge is 2.62. The SMILES string of the molecule is Cc1cn([C@@H]2O[C@@](CO)(C3CC3)[C@@H](O)[C@@H]2F)c(=O)[nH]c1=O. The van der Waals surface area contributed by atoms with Gasteiger partial charge in [0.15, 0.2) is 12.4 Å². The number of aliphatic hydroxyl groups excluding tert-OH is 2. The molecule has 0 radical (unpaired) electrons. The van der Waals surface area contributed by atoms with Crippen LogP contribution in [0.2, 0.25) is 0 Å². The van der Waals surface area contributed by atoms with Crippen LogP contribution >= 0.6 is 0 Å². The second-order valence-electron chi connectivity index (χ2n) is 5.76. The number of rotatable bonds is 3. The Hall–Kier alpha value is -1.51. The smallest absolute Gasteiger partial charge is 0.330 e. The summed E-state index contributed by atoms with van der Waals surface area (Å²) in [4.78, 5) is 25.3. The normalized spacial score (nSPS) is 36.1. The zero-order chi connectivity index (χ0) is 15.4. The van der Waals surface area contributed by atoms with E-state index in [1.54, 1.807) is 0 Å². The highest BCUT2D eigenvalue weighted by atomic mass is 19.1. The van der Waals surface area contributed by atoms with Gasteiger partial charge in [-0.1, -0.05) is 0 Å². The molecular weight excluding hydrogens is 283 g/mol. The molecule has 1 aromatic heterocycles.